The summed E-state index contributed by atoms with van der Waals surface area (Å²) in [5.41, 5.74) is 2.06. The molecule has 1 N–H and O–H groups in total. The van der Waals surface area contributed by atoms with Gasteiger partial charge in [-0.3, -0.25) is 9.48 Å². The van der Waals surface area contributed by atoms with Crippen LogP contribution in [0.4, 0.5) is 5.82 Å². The molecule has 0 aliphatic carbocycles. The number of hydrogen-bond acceptors (Lipinski definition) is 4. The monoisotopic (exact) mass is 349 g/mol. The zero-order chi connectivity index (χ0) is 17.2. The fourth-order valence-electron chi connectivity index (χ4n) is 2.52. The van der Waals surface area contributed by atoms with Crippen LogP contribution in [0, 0.1) is 0 Å². The maximum atomic E-state index is 12.8. The van der Waals surface area contributed by atoms with Crippen molar-refractivity contribution in [2.45, 2.75) is 0 Å². The Balaban J connectivity index is 1.75. The highest BCUT2D eigenvalue weighted by Crippen LogP contribution is 2.26. The third-order valence-corrected chi connectivity index (χ3v) is 4.56. The van der Waals surface area contributed by atoms with Gasteiger partial charge in [0.2, 0.25) is 0 Å². The molecular weight excluding hydrogens is 334 g/mol. The molecule has 0 saturated heterocycles. The lowest BCUT2D eigenvalue weighted by molar-refractivity contribution is 0.101. The smallest absolute Gasteiger partial charge is 0.275 e. The average Bonchev–Trinajstić information content (AvgIpc) is 3.35. The summed E-state index contributed by atoms with van der Waals surface area (Å²) in [6, 6.07) is 17.1. The predicted molar refractivity (Wildman–Crippen MR) is 98.0 cm³/mol. The molecule has 0 spiro atoms. The first-order chi connectivity index (χ1) is 12.2. The van der Waals surface area contributed by atoms with E-state index in [1.807, 2.05) is 47.8 Å². The van der Waals surface area contributed by atoms with Crippen molar-refractivity contribution in [1.29, 1.82) is 0 Å². The molecule has 7 heteroatoms. The van der Waals surface area contributed by atoms with Gasteiger partial charge in [0.15, 0.2) is 5.82 Å². The molecule has 3 heterocycles. The molecule has 25 heavy (non-hydrogen) atoms. The maximum Gasteiger partial charge on any atom is 0.275 e. The summed E-state index contributed by atoms with van der Waals surface area (Å²) in [6.45, 7) is 0. The standard InChI is InChI=1S/C18H15N5OS/c1-22-10-9-17(21-22)19-18(24)15-12-14(16-8-5-11-25-16)20-23(15)13-6-3-2-4-7-13/h2-12H,1H3,(H,19,21,24). The van der Waals surface area contributed by atoms with E-state index < -0.39 is 0 Å². The SMILES string of the molecule is Cn1ccc(NC(=O)c2cc(-c3cccs3)nn2-c2ccccc2)n1. The van der Waals surface area contributed by atoms with E-state index >= 15 is 0 Å². The van der Waals surface area contributed by atoms with Gasteiger partial charge in [-0.1, -0.05) is 24.3 Å². The molecule has 0 unspecified atom stereocenters. The highest BCUT2D eigenvalue weighted by molar-refractivity contribution is 7.13. The first-order valence-corrected chi connectivity index (χ1v) is 8.59. The number of aromatic nitrogens is 4. The normalized spacial score (nSPS) is 10.8. The number of anilines is 1. The highest BCUT2D eigenvalue weighted by atomic mass is 32.1. The van der Waals surface area contributed by atoms with E-state index in [4.69, 9.17) is 0 Å². The van der Waals surface area contributed by atoms with Gasteiger partial charge < -0.3 is 5.32 Å². The van der Waals surface area contributed by atoms with Crippen LogP contribution < -0.4 is 5.32 Å². The maximum absolute atomic E-state index is 12.8. The minimum atomic E-state index is -0.252. The molecule has 1 amide bonds. The number of hydrogen-bond donors (Lipinski definition) is 1. The summed E-state index contributed by atoms with van der Waals surface area (Å²) in [4.78, 5) is 13.8. The lowest BCUT2D eigenvalue weighted by Crippen LogP contribution is -2.17. The Bertz CT molecular complexity index is 1000. The molecule has 4 rings (SSSR count). The number of carbonyl (C=O) groups excluding carboxylic acids is 1. The number of rotatable bonds is 4. The quantitative estimate of drug-likeness (QED) is 0.612. The van der Waals surface area contributed by atoms with Crippen LogP contribution in [-0.2, 0) is 7.05 Å². The van der Waals surface area contributed by atoms with Crippen molar-refractivity contribution < 1.29 is 4.79 Å². The molecule has 4 aromatic rings. The Morgan fingerprint density at radius 1 is 1.08 bits per heavy atom. The van der Waals surface area contributed by atoms with E-state index in [1.54, 1.807) is 46.1 Å². The van der Waals surface area contributed by atoms with Crippen molar-refractivity contribution in [2.75, 3.05) is 5.32 Å². The highest BCUT2D eigenvalue weighted by Gasteiger charge is 2.18. The van der Waals surface area contributed by atoms with Crippen LogP contribution in [0.25, 0.3) is 16.3 Å². The van der Waals surface area contributed by atoms with Gasteiger partial charge in [0.05, 0.1) is 10.6 Å². The lowest BCUT2D eigenvalue weighted by Gasteiger charge is -2.06. The molecule has 124 valence electrons. The number of amides is 1. The molecule has 6 nitrogen and oxygen atoms in total. The fourth-order valence-corrected chi connectivity index (χ4v) is 3.20. The van der Waals surface area contributed by atoms with Crippen molar-refractivity contribution >= 4 is 23.1 Å². The second kappa shape index (κ2) is 6.37. The molecule has 0 radical (unpaired) electrons. The van der Waals surface area contributed by atoms with Crippen molar-refractivity contribution in [3.8, 4) is 16.3 Å². The summed E-state index contributed by atoms with van der Waals surface area (Å²) in [7, 11) is 1.80. The number of benzene rings is 1. The van der Waals surface area contributed by atoms with Gasteiger partial charge >= 0.3 is 0 Å². The van der Waals surface area contributed by atoms with E-state index in [2.05, 4.69) is 15.5 Å². The molecule has 0 saturated carbocycles. The van der Waals surface area contributed by atoms with Crippen LogP contribution in [-0.4, -0.2) is 25.5 Å². The van der Waals surface area contributed by atoms with Crippen LogP contribution >= 0.6 is 11.3 Å². The first kappa shape index (κ1) is 15.3. The summed E-state index contributed by atoms with van der Waals surface area (Å²) >= 11 is 1.59. The minimum Gasteiger partial charge on any atom is -0.304 e. The Labute approximate surface area is 148 Å². The summed E-state index contributed by atoms with van der Waals surface area (Å²) < 4.78 is 3.30. The van der Waals surface area contributed by atoms with E-state index in [1.165, 1.54) is 0 Å². The molecule has 0 aliphatic heterocycles. The largest absolute Gasteiger partial charge is 0.304 e. The zero-order valence-electron chi connectivity index (χ0n) is 13.5. The summed E-state index contributed by atoms with van der Waals surface area (Å²) in [5, 5.41) is 13.6. The molecule has 0 aliphatic rings. The van der Waals surface area contributed by atoms with Crippen molar-refractivity contribution in [3.63, 3.8) is 0 Å². The number of nitrogens with one attached hydrogen (secondary N) is 1. The van der Waals surface area contributed by atoms with E-state index in [-0.39, 0.29) is 5.91 Å². The molecule has 0 bridgehead atoms. The average molecular weight is 349 g/mol. The lowest BCUT2D eigenvalue weighted by atomic mass is 10.3. The van der Waals surface area contributed by atoms with Gasteiger partial charge in [-0.05, 0) is 29.6 Å². The molecular formula is C18H15N5OS. The molecule has 3 aromatic heterocycles. The van der Waals surface area contributed by atoms with Crippen LogP contribution in [0.1, 0.15) is 10.5 Å². The minimum absolute atomic E-state index is 0.252. The zero-order valence-corrected chi connectivity index (χ0v) is 14.3. The van der Waals surface area contributed by atoms with Gasteiger partial charge in [0, 0.05) is 19.3 Å². The molecule has 0 atom stereocenters. The van der Waals surface area contributed by atoms with Gasteiger partial charge in [-0.2, -0.15) is 10.2 Å². The van der Waals surface area contributed by atoms with E-state index in [0.29, 0.717) is 11.5 Å². The number of nitrogens with zero attached hydrogens (tertiary/aromatic N) is 4. The van der Waals surface area contributed by atoms with Gasteiger partial charge in [-0.15, -0.1) is 11.3 Å². The Kier molecular flexibility index (Phi) is 3.91. The predicted octanol–water partition coefficient (Wildman–Crippen LogP) is 3.59. The number of carbonyl (C=O) groups is 1. The second-order valence-corrected chi connectivity index (χ2v) is 6.42. The van der Waals surface area contributed by atoms with E-state index in [9.17, 15) is 4.79 Å². The number of para-hydroxylation sites is 1. The second-order valence-electron chi connectivity index (χ2n) is 5.47. The van der Waals surface area contributed by atoms with Crippen LogP contribution in [0.3, 0.4) is 0 Å². The van der Waals surface area contributed by atoms with Crippen LogP contribution in [0.5, 0.6) is 0 Å². The summed E-state index contributed by atoms with van der Waals surface area (Å²) in [6.07, 6.45) is 1.78. The van der Waals surface area contributed by atoms with Gasteiger partial charge in [-0.25, -0.2) is 4.68 Å². The van der Waals surface area contributed by atoms with Crippen molar-refractivity contribution in [2.24, 2.45) is 7.05 Å². The number of aryl methyl sites for hydroxylation is 1. The van der Waals surface area contributed by atoms with Gasteiger partial charge in [0.1, 0.15) is 11.4 Å². The third-order valence-electron chi connectivity index (χ3n) is 3.67. The Morgan fingerprint density at radius 2 is 1.92 bits per heavy atom. The van der Waals surface area contributed by atoms with Crippen LogP contribution in [0.2, 0.25) is 0 Å². The Hall–Kier alpha value is -3.19. The van der Waals surface area contributed by atoms with Crippen molar-refractivity contribution in [3.05, 3.63) is 71.9 Å². The fraction of sp³-hybridized carbons (Fsp3) is 0.0556. The molecule has 0 fully saturated rings. The topological polar surface area (TPSA) is 64.7 Å². The van der Waals surface area contributed by atoms with Crippen LogP contribution in [0.15, 0.2) is 66.2 Å². The Morgan fingerprint density at radius 3 is 2.60 bits per heavy atom. The summed E-state index contributed by atoms with van der Waals surface area (Å²) in [5.74, 6) is 0.254. The number of thiophene rings is 1. The third kappa shape index (κ3) is 3.09. The first-order valence-electron chi connectivity index (χ1n) is 7.71. The van der Waals surface area contributed by atoms with E-state index in [0.717, 1.165) is 16.3 Å². The van der Waals surface area contributed by atoms with Gasteiger partial charge in [0.25, 0.3) is 5.91 Å². The van der Waals surface area contributed by atoms with Crippen molar-refractivity contribution in [1.82, 2.24) is 19.6 Å². The molecule has 1 aromatic carbocycles.